The summed E-state index contributed by atoms with van der Waals surface area (Å²) in [5.41, 5.74) is 1.11. The molecule has 0 aliphatic rings. The molecule has 0 radical (unpaired) electrons. The third-order valence-corrected chi connectivity index (χ3v) is 3.58. The van der Waals surface area contributed by atoms with Crippen molar-refractivity contribution in [3.05, 3.63) is 63.6 Å². The lowest BCUT2D eigenvalue weighted by molar-refractivity contribution is 0.0947. The van der Waals surface area contributed by atoms with Crippen LogP contribution in [0.2, 0.25) is 0 Å². The molecule has 0 fully saturated rings. The summed E-state index contributed by atoms with van der Waals surface area (Å²) in [4.78, 5) is 12.2. The molecule has 6 heteroatoms. The maximum absolute atomic E-state index is 12.5. The van der Waals surface area contributed by atoms with Crippen LogP contribution < -0.4 is 10.1 Å². The summed E-state index contributed by atoms with van der Waals surface area (Å²) in [6.45, 7) is 0.248. The van der Waals surface area contributed by atoms with E-state index >= 15 is 0 Å². The predicted molar refractivity (Wildman–Crippen MR) is 83.3 cm³/mol. The summed E-state index contributed by atoms with van der Waals surface area (Å²) >= 11 is 3.30. The first-order chi connectivity index (χ1) is 10.5. The Labute approximate surface area is 135 Å². The highest BCUT2D eigenvalue weighted by molar-refractivity contribution is 9.10. The Kier molecular flexibility index (Phi) is 5.49. The molecule has 2 aromatic rings. The Balaban J connectivity index is 2.05. The van der Waals surface area contributed by atoms with Crippen LogP contribution >= 0.6 is 15.9 Å². The Morgan fingerprint density at radius 2 is 1.91 bits per heavy atom. The van der Waals surface area contributed by atoms with Crippen molar-refractivity contribution in [1.29, 1.82) is 0 Å². The van der Waals surface area contributed by atoms with Crippen molar-refractivity contribution in [2.75, 3.05) is 7.11 Å². The van der Waals surface area contributed by atoms with E-state index in [1.54, 1.807) is 30.3 Å². The molecule has 2 rings (SSSR count). The van der Waals surface area contributed by atoms with E-state index in [9.17, 15) is 13.6 Å². The fourth-order valence-corrected chi connectivity index (χ4v) is 2.28. The largest absolute Gasteiger partial charge is 0.496 e. The van der Waals surface area contributed by atoms with Crippen LogP contribution in [0.1, 0.15) is 27.9 Å². The van der Waals surface area contributed by atoms with Crippen LogP contribution in [-0.2, 0) is 6.54 Å². The summed E-state index contributed by atoms with van der Waals surface area (Å²) in [5.74, 6) is 0.171. The number of hydrogen-bond acceptors (Lipinski definition) is 2. The van der Waals surface area contributed by atoms with Crippen molar-refractivity contribution in [3.8, 4) is 5.75 Å². The molecule has 0 bridgehead atoms. The second-order valence-corrected chi connectivity index (χ2v) is 5.49. The first-order valence-corrected chi connectivity index (χ1v) is 7.29. The number of ether oxygens (including phenoxy) is 1. The quantitative estimate of drug-likeness (QED) is 0.851. The van der Waals surface area contributed by atoms with E-state index < -0.39 is 6.43 Å². The summed E-state index contributed by atoms with van der Waals surface area (Å²) in [5, 5.41) is 2.74. The van der Waals surface area contributed by atoms with Crippen LogP contribution in [0, 0.1) is 0 Å². The van der Waals surface area contributed by atoms with Crippen LogP contribution in [0.5, 0.6) is 5.75 Å². The maximum atomic E-state index is 12.5. The van der Waals surface area contributed by atoms with Gasteiger partial charge in [0.05, 0.1) is 12.7 Å². The van der Waals surface area contributed by atoms with Gasteiger partial charge in [0.2, 0.25) is 0 Å². The lowest BCUT2D eigenvalue weighted by atomic mass is 10.1. The van der Waals surface area contributed by atoms with E-state index in [0.717, 1.165) is 10.0 Å². The molecule has 3 nitrogen and oxygen atoms in total. The fourth-order valence-electron chi connectivity index (χ4n) is 1.92. The Morgan fingerprint density at radius 3 is 2.50 bits per heavy atom. The third-order valence-electron chi connectivity index (χ3n) is 3.09. The molecule has 0 unspecified atom stereocenters. The van der Waals surface area contributed by atoms with Gasteiger partial charge in [-0.15, -0.1) is 0 Å². The van der Waals surface area contributed by atoms with Crippen molar-refractivity contribution >= 4 is 21.8 Å². The summed E-state index contributed by atoms with van der Waals surface area (Å²) in [7, 11) is 1.49. The van der Waals surface area contributed by atoms with Gasteiger partial charge in [0.15, 0.2) is 0 Å². The number of nitrogens with one attached hydrogen (secondary N) is 1. The number of rotatable bonds is 5. The number of halogens is 3. The van der Waals surface area contributed by atoms with Crippen LogP contribution in [0.4, 0.5) is 8.78 Å². The number of alkyl halides is 2. The van der Waals surface area contributed by atoms with Crippen molar-refractivity contribution < 1.29 is 18.3 Å². The molecule has 0 aromatic heterocycles. The SMILES string of the molecule is COc1ccc(Br)cc1C(=O)NCc1ccc(C(F)F)cc1. The minimum absolute atomic E-state index is 0.0382. The molecule has 1 N–H and O–H groups in total. The van der Waals surface area contributed by atoms with E-state index in [-0.39, 0.29) is 18.0 Å². The molecule has 116 valence electrons. The summed E-state index contributed by atoms with van der Waals surface area (Å²) in [6, 6.07) is 11.0. The molecule has 0 spiro atoms. The van der Waals surface area contributed by atoms with E-state index in [0.29, 0.717) is 11.3 Å². The zero-order valence-electron chi connectivity index (χ0n) is 11.8. The van der Waals surface area contributed by atoms with E-state index in [1.807, 2.05) is 0 Å². The number of hydrogen-bond donors (Lipinski definition) is 1. The topological polar surface area (TPSA) is 38.3 Å². The molecule has 0 atom stereocenters. The Hall–Kier alpha value is -1.95. The molecule has 22 heavy (non-hydrogen) atoms. The molecule has 0 aliphatic carbocycles. The fraction of sp³-hybridized carbons (Fsp3) is 0.188. The van der Waals surface area contributed by atoms with Crippen LogP contribution in [0.25, 0.3) is 0 Å². The van der Waals surface area contributed by atoms with Gasteiger partial charge in [-0.1, -0.05) is 40.2 Å². The van der Waals surface area contributed by atoms with Crippen LogP contribution in [0.3, 0.4) is 0 Å². The highest BCUT2D eigenvalue weighted by atomic mass is 79.9. The number of carbonyl (C=O) groups excluding carboxylic acids is 1. The normalized spacial score (nSPS) is 10.6. The van der Waals surface area contributed by atoms with Crippen molar-refractivity contribution in [2.45, 2.75) is 13.0 Å². The molecule has 1 amide bonds. The predicted octanol–water partition coefficient (Wildman–Crippen LogP) is 4.33. The van der Waals surface area contributed by atoms with Gasteiger partial charge in [0.1, 0.15) is 5.75 Å². The van der Waals surface area contributed by atoms with Crippen molar-refractivity contribution in [3.63, 3.8) is 0 Å². The van der Waals surface area contributed by atoms with Crippen molar-refractivity contribution in [2.24, 2.45) is 0 Å². The average Bonchev–Trinajstić information content (AvgIpc) is 2.53. The zero-order chi connectivity index (χ0) is 16.1. The molecule has 0 aliphatic heterocycles. The second kappa shape index (κ2) is 7.35. The first-order valence-electron chi connectivity index (χ1n) is 6.50. The highest BCUT2D eigenvalue weighted by Gasteiger charge is 2.13. The monoisotopic (exact) mass is 369 g/mol. The van der Waals surface area contributed by atoms with Gasteiger partial charge in [0.25, 0.3) is 12.3 Å². The minimum atomic E-state index is -2.49. The van der Waals surface area contributed by atoms with Gasteiger partial charge in [-0.25, -0.2) is 8.78 Å². The van der Waals surface area contributed by atoms with E-state index in [2.05, 4.69) is 21.2 Å². The number of amides is 1. The van der Waals surface area contributed by atoms with Gasteiger partial charge < -0.3 is 10.1 Å². The minimum Gasteiger partial charge on any atom is -0.496 e. The number of methoxy groups -OCH3 is 1. The maximum Gasteiger partial charge on any atom is 0.263 e. The molecule has 0 saturated heterocycles. The molecule has 0 saturated carbocycles. The van der Waals surface area contributed by atoms with Crippen LogP contribution in [0.15, 0.2) is 46.9 Å². The third kappa shape index (κ3) is 4.04. The lowest BCUT2D eigenvalue weighted by Crippen LogP contribution is -2.23. The summed E-state index contributed by atoms with van der Waals surface area (Å²) < 4.78 is 30.8. The molecular formula is C16H14BrF2NO2. The highest BCUT2D eigenvalue weighted by Crippen LogP contribution is 2.23. The van der Waals surface area contributed by atoms with E-state index in [4.69, 9.17) is 4.74 Å². The van der Waals surface area contributed by atoms with Gasteiger partial charge in [0, 0.05) is 16.6 Å². The van der Waals surface area contributed by atoms with Crippen molar-refractivity contribution in [1.82, 2.24) is 5.32 Å². The van der Waals surface area contributed by atoms with Gasteiger partial charge >= 0.3 is 0 Å². The zero-order valence-corrected chi connectivity index (χ0v) is 13.4. The molecule has 0 heterocycles. The Bertz CT molecular complexity index is 660. The van der Waals surface area contributed by atoms with Gasteiger partial charge in [-0.05, 0) is 23.8 Å². The Morgan fingerprint density at radius 1 is 1.23 bits per heavy atom. The number of carbonyl (C=O) groups is 1. The average molecular weight is 370 g/mol. The molecule has 2 aromatic carbocycles. The lowest BCUT2D eigenvalue weighted by Gasteiger charge is -2.10. The standard InChI is InChI=1S/C16H14BrF2NO2/c1-22-14-7-6-12(17)8-13(14)16(21)20-9-10-2-4-11(5-3-10)15(18)19/h2-8,15H,9H2,1H3,(H,20,21). The second-order valence-electron chi connectivity index (χ2n) is 4.57. The molecular weight excluding hydrogens is 356 g/mol. The summed E-state index contributed by atoms with van der Waals surface area (Å²) in [6.07, 6.45) is -2.49. The van der Waals surface area contributed by atoms with Gasteiger partial charge in [-0.2, -0.15) is 0 Å². The number of benzene rings is 2. The smallest absolute Gasteiger partial charge is 0.263 e. The first kappa shape index (κ1) is 16.4. The van der Waals surface area contributed by atoms with E-state index in [1.165, 1.54) is 19.2 Å². The van der Waals surface area contributed by atoms with Gasteiger partial charge in [-0.3, -0.25) is 4.79 Å². The van der Waals surface area contributed by atoms with Crippen LogP contribution in [-0.4, -0.2) is 13.0 Å².